The van der Waals surface area contributed by atoms with Crippen LogP contribution in [-0.2, 0) is 15.0 Å². The summed E-state index contributed by atoms with van der Waals surface area (Å²) in [6.45, 7) is 7.84. The second kappa shape index (κ2) is 8.88. The molecule has 2 aromatic carbocycles. The van der Waals surface area contributed by atoms with Gasteiger partial charge in [0.1, 0.15) is 11.5 Å². The molecule has 5 heteroatoms. The molecule has 158 valence electrons. The number of aromatic hydroxyl groups is 2. The minimum absolute atomic E-state index is 0.0993. The summed E-state index contributed by atoms with van der Waals surface area (Å²) in [7, 11) is 0. The fourth-order valence-electron chi connectivity index (χ4n) is 3.99. The molecular weight excluding hydrogens is 390 g/mol. The molecule has 0 fully saturated rings. The van der Waals surface area contributed by atoms with E-state index in [-0.39, 0.29) is 29.9 Å². The number of phenols is 2. The molecule has 1 heterocycles. The third-order valence-corrected chi connectivity index (χ3v) is 5.61. The number of imide groups is 1. The van der Waals surface area contributed by atoms with Crippen LogP contribution in [0.3, 0.4) is 0 Å². The summed E-state index contributed by atoms with van der Waals surface area (Å²) < 4.78 is 0. The molecule has 2 N–H and O–H groups in total. The van der Waals surface area contributed by atoms with Crippen LogP contribution in [0.15, 0.2) is 96.6 Å². The van der Waals surface area contributed by atoms with E-state index in [9.17, 15) is 19.8 Å². The molecule has 1 aliphatic rings. The normalized spacial score (nSPS) is 15.0. The van der Waals surface area contributed by atoms with Crippen LogP contribution in [0.1, 0.15) is 25.0 Å². The van der Waals surface area contributed by atoms with E-state index in [4.69, 9.17) is 0 Å². The van der Waals surface area contributed by atoms with E-state index in [0.29, 0.717) is 0 Å². The zero-order valence-corrected chi connectivity index (χ0v) is 17.6. The maximum absolute atomic E-state index is 12.2. The van der Waals surface area contributed by atoms with Crippen molar-refractivity contribution in [2.45, 2.75) is 19.3 Å². The lowest BCUT2D eigenvalue weighted by Gasteiger charge is -2.36. The molecule has 2 aromatic rings. The molecule has 5 nitrogen and oxygen atoms in total. The van der Waals surface area contributed by atoms with E-state index in [2.05, 4.69) is 6.58 Å². The summed E-state index contributed by atoms with van der Waals surface area (Å²) in [5, 5.41) is 19.6. The lowest BCUT2D eigenvalue weighted by Crippen LogP contribution is -2.35. The number of carbonyl (C=O) groups excluding carboxylic acids is 2. The SMILES string of the molecule is C=C/C=C(CN1C(=O)C=CC1=O)\C(=C/C)C(C)(c1ccc(O)cc1)c1ccc(O)cc1. The first-order chi connectivity index (χ1) is 14.8. The van der Waals surface area contributed by atoms with Crippen molar-refractivity contribution < 1.29 is 19.8 Å². The number of amides is 2. The van der Waals surface area contributed by atoms with E-state index >= 15 is 0 Å². The lowest BCUT2D eigenvalue weighted by molar-refractivity contribution is -0.136. The second-order valence-electron chi connectivity index (χ2n) is 7.44. The smallest absolute Gasteiger partial charge is 0.253 e. The number of allylic oxidation sites excluding steroid dienone is 3. The highest BCUT2D eigenvalue weighted by Crippen LogP contribution is 2.43. The minimum atomic E-state index is -0.704. The first-order valence-electron chi connectivity index (χ1n) is 9.92. The Hall–Kier alpha value is -3.86. The largest absolute Gasteiger partial charge is 0.508 e. The third kappa shape index (κ3) is 4.21. The van der Waals surface area contributed by atoms with Crippen LogP contribution in [0.5, 0.6) is 11.5 Å². The zero-order valence-electron chi connectivity index (χ0n) is 17.6. The van der Waals surface area contributed by atoms with Gasteiger partial charge in [-0.1, -0.05) is 49.1 Å². The molecule has 0 spiro atoms. The Morgan fingerprint density at radius 3 is 1.77 bits per heavy atom. The fourth-order valence-corrected chi connectivity index (χ4v) is 3.99. The highest BCUT2D eigenvalue weighted by molar-refractivity contribution is 6.13. The Morgan fingerprint density at radius 1 is 0.935 bits per heavy atom. The van der Waals surface area contributed by atoms with Gasteiger partial charge in [0.05, 0.1) is 6.54 Å². The Bertz CT molecular complexity index is 1030. The van der Waals surface area contributed by atoms with Gasteiger partial charge < -0.3 is 10.2 Å². The van der Waals surface area contributed by atoms with Crippen LogP contribution in [0.4, 0.5) is 0 Å². The van der Waals surface area contributed by atoms with E-state index in [1.807, 2.05) is 44.2 Å². The van der Waals surface area contributed by atoms with Crippen molar-refractivity contribution >= 4 is 11.8 Å². The highest BCUT2D eigenvalue weighted by atomic mass is 16.3. The van der Waals surface area contributed by atoms with Gasteiger partial charge in [-0.3, -0.25) is 14.5 Å². The van der Waals surface area contributed by atoms with Crippen LogP contribution in [0.25, 0.3) is 0 Å². The standard InChI is InChI=1S/C26H25NO4/c1-4-6-18(17-27-24(30)15-16-25(27)31)23(5-2)26(3,19-7-11-21(28)12-8-19)20-9-13-22(29)14-10-20/h4-16,28-29H,1,17H2,2-3H3/b18-6-,23-5+. The Morgan fingerprint density at radius 2 is 1.39 bits per heavy atom. The summed E-state index contributed by atoms with van der Waals surface area (Å²) in [6.07, 6.45) is 7.91. The van der Waals surface area contributed by atoms with E-state index in [1.54, 1.807) is 36.4 Å². The number of rotatable bonds is 7. The van der Waals surface area contributed by atoms with Crippen LogP contribution < -0.4 is 0 Å². The molecule has 0 saturated carbocycles. The number of benzene rings is 2. The van der Waals surface area contributed by atoms with E-state index in [1.165, 1.54) is 17.1 Å². The van der Waals surface area contributed by atoms with Gasteiger partial charge in [0.15, 0.2) is 0 Å². The molecule has 0 aliphatic carbocycles. The maximum atomic E-state index is 12.2. The quantitative estimate of drug-likeness (QED) is 0.519. The van der Waals surface area contributed by atoms with Crippen molar-refractivity contribution in [2.75, 3.05) is 6.54 Å². The number of hydrogen-bond donors (Lipinski definition) is 2. The van der Waals surface area contributed by atoms with E-state index in [0.717, 1.165) is 22.3 Å². The summed E-state index contributed by atoms with van der Waals surface area (Å²) in [5.41, 5.74) is 2.72. The fraction of sp³-hybridized carbons (Fsp3) is 0.154. The molecule has 3 rings (SSSR count). The first kappa shape index (κ1) is 21.8. The van der Waals surface area contributed by atoms with Crippen molar-refractivity contribution in [3.63, 3.8) is 0 Å². The van der Waals surface area contributed by atoms with Gasteiger partial charge in [0, 0.05) is 17.6 Å². The average molecular weight is 415 g/mol. The van der Waals surface area contributed by atoms with Crippen molar-refractivity contribution in [1.82, 2.24) is 4.90 Å². The van der Waals surface area contributed by atoms with Crippen molar-refractivity contribution in [1.29, 1.82) is 0 Å². The first-order valence-corrected chi connectivity index (χ1v) is 9.92. The minimum Gasteiger partial charge on any atom is -0.508 e. The van der Waals surface area contributed by atoms with Crippen LogP contribution in [-0.4, -0.2) is 33.5 Å². The summed E-state index contributed by atoms with van der Waals surface area (Å²) in [6, 6.07) is 13.8. The number of carbonyl (C=O) groups is 2. The van der Waals surface area contributed by atoms with Gasteiger partial charge in [-0.2, -0.15) is 0 Å². The monoisotopic (exact) mass is 415 g/mol. The molecule has 0 radical (unpaired) electrons. The number of phenolic OH excluding ortho intramolecular Hbond substituents is 2. The molecule has 0 unspecified atom stereocenters. The molecule has 0 saturated heterocycles. The van der Waals surface area contributed by atoms with Crippen molar-refractivity contribution in [3.05, 3.63) is 108 Å². The molecule has 31 heavy (non-hydrogen) atoms. The Kier molecular flexibility index (Phi) is 6.25. The third-order valence-electron chi connectivity index (χ3n) is 5.61. The molecule has 0 atom stereocenters. The van der Waals surface area contributed by atoms with Gasteiger partial charge in [0.2, 0.25) is 0 Å². The molecule has 0 aromatic heterocycles. The predicted octanol–water partition coefficient (Wildman–Crippen LogP) is 4.39. The highest BCUT2D eigenvalue weighted by Gasteiger charge is 2.36. The van der Waals surface area contributed by atoms with Crippen molar-refractivity contribution in [2.24, 2.45) is 0 Å². The molecule has 1 aliphatic heterocycles. The van der Waals surface area contributed by atoms with Crippen molar-refractivity contribution in [3.8, 4) is 11.5 Å². The number of nitrogens with zero attached hydrogens (tertiary/aromatic N) is 1. The van der Waals surface area contributed by atoms with Crippen LogP contribution in [0, 0.1) is 0 Å². The van der Waals surface area contributed by atoms with Gasteiger partial charge in [-0.25, -0.2) is 0 Å². The summed E-state index contributed by atoms with van der Waals surface area (Å²) in [4.78, 5) is 25.6. The lowest BCUT2D eigenvalue weighted by atomic mass is 9.68. The van der Waals surface area contributed by atoms with Gasteiger partial charge in [-0.05, 0) is 60.4 Å². The van der Waals surface area contributed by atoms with Gasteiger partial charge in [0.25, 0.3) is 11.8 Å². The maximum Gasteiger partial charge on any atom is 0.253 e. The van der Waals surface area contributed by atoms with Crippen LogP contribution in [0.2, 0.25) is 0 Å². The summed E-state index contributed by atoms with van der Waals surface area (Å²) in [5.74, 6) is -0.405. The number of hydrogen-bond acceptors (Lipinski definition) is 4. The zero-order chi connectivity index (χ0) is 22.6. The Balaban J connectivity index is 2.17. The van der Waals surface area contributed by atoms with Gasteiger partial charge >= 0.3 is 0 Å². The molecular formula is C26H25NO4. The molecule has 2 amide bonds. The predicted molar refractivity (Wildman–Crippen MR) is 121 cm³/mol. The summed E-state index contributed by atoms with van der Waals surface area (Å²) >= 11 is 0. The van der Waals surface area contributed by atoms with Crippen LogP contribution >= 0.6 is 0 Å². The topological polar surface area (TPSA) is 77.8 Å². The van der Waals surface area contributed by atoms with E-state index < -0.39 is 5.41 Å². The van der Waals surface area contributed by atoms with Gasteiger partial charge in [-0.15, -0.1) is 0 Å². The molecule has 0 bridgehead atoms. The second-order valence-corrected chi connectivity index (χ2v) is 7.44. The Labute approximate surface area is 182 Å². The average Bonchev–Trinajstić information content (AvgIpc) is 3.07.